The van der Waals surface area contributed by atoms with E-state index in [9.17, 15) is 0 Å². The van der Waals surface area contributed by atoms with Crippen molar-refractivity contribution in [2.45, 2.75) is 25.4 Å². The number of fused-ring (bicyclic) bond motifs is 1. The predicted molar refractivity (Wildman–Crippen MR) is 81.7 cm³/mol. The summed E-state index contributed by atoms with van der Waals surface area (Å²) in [5.41, 5.74) is 2.13. The fourth-order valence-electron chi connectivity index (χ4n) is 3.62. The van der Waals surface area contributed by atoms with Gasteiger partial charge in [0.1, 0.15) is 0 Å². The molecule has 4 nitrogen and oxygen atoms in total. The van der Waals surface area contributed by atoms with Crippen molar-refractivity contribution in [1.29, 1.82) is 0 Å². The smallest absolute Gasteiger partial charge is 0.167 e. The second kappa shape index (κ2) is 5.62. The van der Waals surface area contributed by atoms with Gasteiger partial charge in [-0.25, -0.2) is 0 Å². The van der Waals surface area contributed by atoms with Crippen LogP contribution in [0.1, 0.15) is 18.5 Å². The Morgan fingerprint density at radius 1 is 1.24 bits per heavy atom. The first-order valence-corrected chi connectivity index (χ1v) is 7.85. The summed E-state index contributed by atoms with van der Waals surface area (Å²) >= 11 is 0. The van der Waals surface area contributed by atoms with Crippen LogP contribution >= 0.6 is 0 Å². The molecular formula is C17H21N3O. The van der Waals surface area contributed by atoms with Crippen molar-refractivity contribution in [3.63, 3.8) is 0 Å². The lowest BCUT2D eigenvalue weighted by Gasteiger charge is -2.24. The van der Waals surface area contributed by atoms with Gasteiger partial charge < -0.3 is 9.84 Å². The minimum Gasteiger partial charge on any atom is -0.356 e. The van der Waals surface area contributed by atoms with Gasteiger partial charge >= 0.3 is 0 Å². The van der Waals surface area contributed by atoms with Crippen molar-refractivity contribution >= 4 is 0 Å². The first kappa shape index (κ1) is 13.0. The van der Waals surface area contributed by atoms with Gasteiger partial charge in [0.25, 0.3) is 0 Å². The van der Waals surface area contributed by atoms with E-state index in [4.69, 9.17) is 4.52 Å². The van der Waals surface area contributed by atoms with Crippen LogP contribution in [-0.2, 0) is 6.54 Å². The number of benzene rings is 1. The molecule has 2 aromatic rings. The Kier molecular flexibility index (Phi) is 3.49. The van der Waals surface area contributed by atoms with E-state index in [-0.39, 0.29) is 0 Å². The van der Waals surface area contributed by atoms with Crippen molar-refractivity contribution in [3.05, 3.63) is 42.1 Å². The quantitative estimate of drug-likeness (QED) is 0.940. The lowest BCUT2D eigenvalue weighted by molar-refractivity contribution is 0.300. The van der Waals surface area contributed by atoms with Crippen LogP contribution in [0.3, 0.4) is 0 Å². The Hall–Kier alpha value is -1.65. The van der Waals surface area contributed by atoms with E-state index in [1.165, 1.54) is 25.9 Å². The van der Waals surface area contributed by atoms with Crippen molar-refractivity contribution in [2.75, 3.05) is 19.6 Å². The van der Waals surface area contributed by atoms with Gasteiger partial charge in [-0.15, -0.1) is 0 Å². The van der Waals surface area contributed by atoms with Crippen LogP contribution in [0.15, 0.2) is 40.9 Å². The summed E-state index contributed by atoms with van der Waals surface area (Å²) in [6.45, 7) is 4.39. The zero-order valence-electron chi connectivity index (χ0n) is 12.2. The second-order valence-electron chi connectivity index (χ2n) is 6.21. The fourth-order valence-corrected chi connectivity index (χ4v) is 3.62. The van der Waals surface area contributed by atoms with E-state index >= 15 is 0 Å². The summed E-state index contributed by atoms with van der Waals surface area (Å²) in [4.78, 5) is 2.50. The molecule has 2 aliphatic rings. The largest absolute Gasteiger partial charge is 0.356 e. The number of nitrogens with one attached hydrogen (secondary N) is 1. The zero-order valence-corrected chi connectivity index (χ0v) is 12.2. The number of hydrogen-bond donors (Lipinski definition) is 1. The Morgan fingerprint density at radius 2 is 2.14 bits per heavy atom. The van der Waals surface area contributed by atoms with E-state index in [0.29, 0.717) is 6.04 Å². The van der Waals surface area contributed by atoms with Crippen molar-refractivity contribution in [1.82, 2.24) is 15.4 Å². The van der Waals surface area contributed by atoms with Gasteiger partial charge in [0.2, 0.25) is 0 Å². The maximum Gasteiger partial charge on any atom is 0.167 e. The monoisotopic (exact) mass is 283 g/mol. The molecule has 4 rings (SSSR count). The minimum absolute atomic E-state index is 0.680. The predicted octanol–water partition coefficient (Wildman–Crippen LogP) is 2.53. The molecule has 3 heterocycles. The number of aromatic nitrogens is 1. The summed E-state index contributed by atoms with van der Waals surface area (Å²) in [5.74, 6) is 1.68. The number of rotatable bonds is 3. The van der Waals surface area contributed by atoms with Gasteiger partial charge in [-0.3, -0.25) is 4.90 Å². The van der Waals surface area contributed by atoms with Crippen molar-refractivity contribution in [2.24, 2.45) is 5.92 Å². The highest BCUT2D eigenvalue weighted by atomic mass is 16.5. The van der Waals surface area contributed by atoms with E-state index in [2.05, 4.69) is 33.6 Å². The topological polar surface area (TPSA) is 41.3 Å². The number of nitrogens with zero attached hydrogens (tertiary/aromatic N) is 2. The summed E-state index contributed by atoms with van der Waals surface area (Å²) in [6.07, 6.45) is 2.68. The second-order valence-corrected chi connectivity index (χ2v) is 6.21. The number of piperidine rings is 1. The zero-order chi connectivity index (χ0) is 14.1. The molecule has 1 aromatic carbocycles. The molecule has 0 bridgehead atoms. The third kappa shape index (κ3) is 2.74. The molecule has 2 saturated heterocycles. The highest BCUT2D eigenvalue weighted by molar-refractivity contribution is 5.56. The summed E-state index contributed by atoms with van der Waals surface area (Å²) in [7, 11) is 0. The molecule has 2 aliphatic heterocycles. The molecular weight excluding hydrogens is 262 g/mol. The van der Waals surface area contributed by atoms with Gasteiger partial charge in [-0.1, -0.05) is 35.5 Å². The van der Waals surface area contributed by atoms with Crippen LogP contribution in [0.25, 0.3) is 11.3 Å². The molecule has 0 aliphatic carbocycles. The lowest BCUT2D eigenvalue weighted by Crippen LogP contribution is -2.40. The van der Waals surface area contributed by atoms with Gasteiger partial charge in [-0.2, -0.15) is 0 Å². The summed E-state index contributed by atoms with van der Waals surface area (Å²) < 4.78 is 5.49. The third-order valence-corrected chi connectivity index (χ3v) is 4.68. The molecule has 0 unspecified atom stereocenters. The third-order valence-electron chi connectivity index (χ3n) is 4.68. The van der Waals surface area contributed by atoms with Crippen LogP contribution in [0.4, 0.5) is 0 Å². The summed E-state index contributed by atoms with van der Waals surface area (Å²) in [6, 6.07) is 12.9. The average Bonchev–Trinajstić information content (AvgIpc) is 3.14. The number of hydrogen-bond acceptors (Lipinski definition) is 4. The summed E-state index contributed by atoms with van der Waals surface area (Å²) in [5, 5.41) is 7.88. The molecule has 2 fully saturated rings. The van der Waals surface area contributed by atoms with Crippen LogP contribution in [0.2, 0.25) is 0 Å². The molecule has 21 heavy (non-hydrogen) atoms. The fraction of sp³-hybridized carbons (Fsp3) is 0.471. The minimum atomic E-state index is 0.680. The molecule has 110 valence electrons. The van der Waals surface area contributed by atoms with E-state index in [1.807, 2.05) is 18.2 Å². The van der Waals surface area contributed by atoms with Crippen LogP contribution < -0.4 is 5.32 Å². The first-order chi connectivity index (χ1) is 10.4. The van der Waals surface area contributed by atoms with E-state index in [1.54, 1.807) is 0 Å². The molecule has 0 saturated carbocycles. The molecule has 1 N–H and O–H groups in total. The molecule has 1 aromatic heterocycles. The van der Waals surface area contributed by atoms with Gasteiger partial charge in [-0.05, 0) is 25.3 Å². The van der Waals surface area contributed by atoms with Crippen molar-refractivity contribution in [3.8, 4) is 11.3 Å². The normalized spacial score (nSPS) is 25.9. The Labute approximate surface area is 125 Å². The molecule has 2 atom stereocenters. The van der Waals surface area contributed by atoms with Gasteiger partial charge in [0, 0.05) is 37.3 Å². The molecule has 0 spiro atoms. The maximum absolute atomic E-state index is 5.49. The molecule has 0 radical (unpaired) electrons. The standard InChI is InChI=1S/C17H21N3O/c1-2-5-13(6-3-1)17-9-15(19-21-17)11-20-10-14-7-4-8-18-16(14)12-20/h1-3,5-6,9,14,16,18H,4,7-8,10-12H2/t14-,16+/m0/s1. The van der Waals surface area contributed by atoms with E-state index in [0.717, 1.165) is 36.0 Å². The first-order valence-electron chi connectivity index (χ1n) is 7.85. The maximum atomic E-state index is 5.49. The van der Waals surface area contributed by atoms with Crippen molar-refractivity contribution < 1.29 is 4.52 Å². The molecule has 0 amide bonds. The van der Waals surface area contributed by atoms with Gasteiger partial charge in [0.05, 0.1) is 5.69 Å². The van der Waals surface area contributed by atoms with Crippen LogP contribution in [-0.4, -0.2) is 35.7 Å². The Bertz CT molecular complexity index is 581. The Morgan fingerprint density at radius 3 is 3.00 bits per heavy atom. The van der Waals surface area contributed by atoms with Crippen LogP contribution in [0, 0.1) is 5.92 Å². The Balaban J connectivity index is 1.43. The van der Waals surface area contributed by atoms with Crippen LogP contribution in [0.5, 0.6) is 0 Å². The molecule has 4 heteroatoms. The highest BCUT2D eigenvalue weighted by Gasteiger charge is 2.34. The average molecular weight is 283 g/mol. The highest BCUT2D eigenvalue weighted by Crippen LogP contribution is 2.27. The number of likely N-dealkylation sites (tertiary alicyclic amines) is 1. The van der Waals surface area contributed by atoms with E-state index < -0.39 is 0 Å². The van der Waals surface area contributed by atoms with Gasteiger partial charge in [0.15, 0.2) is 5.76 Å². The lowest BCUT2D eigenvalue weighted by atomic mass is 9.94. The SMILES string of the molecule is c1ccc(-c2cc(CN3C[C@@H]4CCCN[C@@H]4C3)no2)cc1.